The first-order chi connectivity index (χ1) is 11.6. The molecule has 0 unspecified atom stereocenters. The normalized spacial score (nSPS) is 10.8. The first-order valence-corrected chi connectivity index (χ1v) is 8.51. The van der Waals surface area contributed by atoms with Crippen LogP contribution in [0.4, 0.5) is 4.39 Å². The van der Waals surface area contributed by atoms with E-state index in [-0.39, 0.29) is 17.6 Å². The van der Waals surface area contributed by atoms with Crippen molar-refractivity contribution < 1.29 is 13.6 Å². The second kappa shape index (κ2) is 7.40. The molecule has 0 aliphatic carbocycles. The lowest BCUT2D eigenvalue weighted by atomic mass is 10.2. The van der Waals surface area contributed by atoms with Crippen LogP contribution >= 0.6 is 11.3 Å². The van der Waals surface area contributed by atoms with E-state index in [2.05, 4.69) is 10.3 Å². The van der Waals surface area contributed by atoms with Crippen molar-refractivity contribution in [2.45, 2.75) is 19.8 Å². The Morgan fingerprint density at radius 1 is 1.29 bits per heavy atom. The van der Waals surface area contributed by atoms with Crippen molar-refractivity contribution in [3.63, 3.8) is 0 Å². The summed E-state index contributed by atoms with van der Waals surface area (Å²) in [6.07, 6.45) is 0.926. The lowest BCUT2D eigenvalue weighted by Gasteiger charge is -2.02. The Labute approximate surface area is 143 Å². The number of rotatable bonds is 6. The molecule has 24 heavy (non-hydrogen) atoms. The van der Waals surface area contributed by atoms with Crippen molar-refractivity contribution in [3.05, 3.63) is 63.9 Å². The Hall–Kier alpha value is -2.47. The summed E-state index contributed by atoms with van der Waals surface area (Å²) in [5.41, 5.74) is 1.07. The molecule has 3 rings (SSSR count). The number of hydrogen-bond donors (Lipinski definition) is 1. The summed E-state index contributed by atoms with van der Waals surface area (Å²) in [6, 6.07) is 10.2. The van der Waals surface area contributed by atoms with Gasteiger partial charge in [-0.25, -0.2) is 9.37 Å². The maximum Gasteiger partial charge on any atom is 0.229 e. The minimum Gasteiger partial charge on any atom is -0.441 e. The number of thiophene rings is 1. The SMILES string of the molecule is Cc1oc(-c2ccccc2F)nc1CCNC(=O)Cc1cccs1. The number of nitrogens with zero attached hydrogens (tertiary/aromatic N) is 1. The van der Waals surface area contributed by atoms with Gasteiger partial charge in [0, 0.05) is 17.8 Å². The molecular weight excluding hydrogens is 327 g/mol. The second-order valence-corrected chi connectivity index (χ2v) is 6.39. The first kappa shape index (κ1) is 16.4. The zero-order chi connectivity index (χ0) is 16.9. The summed E-state index contributed by atoms with van der Waals surface area (Å²) < 4.78 is 19.4. The quantitative estimate of drug-likeness (QED) is 0.741. The van der Waals surface area contributed by atoms with Crippen LogP contribution in [0.25, 0.3) is 11.5 Å². The third-order valence-corrected chi connectivity index (χ3v) is 4.47. The molecule has 0 saturated heterocycles. The fourth-order valence-electron chi connectivity index (χ4n) is 2.36. The number of amides is 1. The maximum absolute atomic E-state index is 13.8. The topological polar surface area (TPSA) is 55.1 Å². The highest BCUT2D eigenvalue weighted by atomic mass is 32.1. The van der Waals surface area contributed by atoms with E-state index >= 15 is 0 Å². The fraction of sp³-hybridized carbons (Fsp3) is 0.222. The molecule has 1 N–H and O–H groups in total. The number of hydrogen-bond acceptors (Lipinski definition) is 4. The summed E-state index contributed by atoms with van der Waals surface area (Å²) in [5, 5.41) is 4.82. The molecule has 0 aliphatic rings. The number of oxazole rings is 1. The lowest BCUT2D eigenvalue weighted by Crippen LogP contribution is -2.27. The Kier molecular flexibility index (Phi) is 5.05. The molecule has 3 aromatic rings. The highest BCUT2D eigenvalue weighted by Crippen LogP contribution is 2.24. The molecule has 124 valence electrons. The molecule has 0 bridgehead atoms. The van der Waals surface area contributed by atoms with E-state index in [1.54, 1.807) is 36.5 Å². The average Bonchev–Trinajstić information content (AvgIpc) is 3.18. The molecular formula is C18H17FN2O2S. The van der Waals surface area contributed by atoms with Crippen LogP contribution in [-0.4, -0.2) is 17.4 Å². The Morgan fingerprint density at radius 2 is 2.12 bits per heavy atom. The third kappa shape index (κ3) is 3.89. The van der Waals surface area contributed by atoms with Crippen LogP contribution < -0.4 is 5.32 Å². The van der Waals surface area contributed by atoms with Crippen molar-refractivity contribution in [2.24, 2.45) is 0 Å². The molecule has 0 aliphatic heterocycles. The zero-order valence-corrected chi connectivity index (χ0v) is 14.0. The molecule has 0 saturated carbocycles. The molecule has 0 fully saturated rings. The minimum atomic E-state index is -0.366. The smallest absolute Gasteiger partial charge is 0.229 e. The van der Waals surface area contributed by atoms with Gasteiger partial charge in [0.05, 0.1) is 17.7 Å². The number of nitrogens with one attached hydrogen (secondary N) is 1. The molecule has 4 nitrogen and oxygen atoms in total. The van der Waals surface area contributed by atoms with Crippen LogP contribution in [0.15, 0.2) is 46.2 Å². The first-order valence-electron chi connectivity index (χ1n) is 7.64. The van der Waals surface area contributed by atoms with E-state index in [1.807, 2.05) is 17.5 Å². The van der Waals surface area contributed by atoms with Gasteiger partial charge in [0.15, 0.2) is 0 Å². The van der Waals surface area contributed by atoms with Crippen molar-refractivity contribution >= 4 is 17.2 Å². The van der Waals surface area contributed by atoms with E-state index in [1.165, 1.54) is 6.07 Å². The molecule has 0 radical (unpaired) electrons. The van der Waals surface area contributed by atoms with Crippen LogP contribution in [0, 0.1) is 12.7 Å². The number of carbonyl (C=O) groups excluding carboxylic acids is 1. The van der Waals surface area contributed by atoms with Crippen molar-refractivity contribution in [3.8, 4) is 11.5 Å². The molecule has 2 heterocycles. The van der Waals surface area contributed by atoms with Crippen LogP contribution in [-0.2, 0) is 17.6 Å². The largest absolute Gasteiger partial charge is 0.441 e. The minimum absolute atomic E-state index is 0.0204. The van der Waals surface area contributed by atoms with Gasteiger partial charge < -0.3 is 9.73 Å². The molecule has 0 atom stereocenters. The van der Waals surface area contributed by atoms with Gasteiger partial charge in [0.1, 0.15) is 11.6 Å². The van der Waals surface area contributed by atoms with Gasteiger partial charge in [-0.05, 0) is 30.5 Å². The summed E-state index contributed by atoms with van der Waals surface area (Å²) in [5.74, 6) is 0.522. The van der Waals surface area contributed by atoms with Crippen LogP contribution in [0.3, 0.4) is 0 Å². The molecule has 2 aromatic heterocycles. The van der Waals surface area contributed by atoms with Crippen molar-refractivity contribution in [1.82, 2.24) is 10.3 Å². The van der Waals surface area contributed by atoms with Gasteiger partial charge >= 0.3 is 0 Å². The van der Waals surface area contributed by atoms with Gasteiger partial charge in [-0.15, -0.1) is 11.3 Å². The van der Waals surface area contributed by atoms with E-state index in [0.29, 0.717) is 30.7 Å². The lowest BCUT2D eigenvalue weighted by molar-refractivity contribution is -0.120. The molecule has 6 heteroatoms. The number of aromatic nitrogens is 1. The van der Waals surface area contributed by atoms with E-state index in [0.717, 1.165) is 10.6 Å². The molecule has 1 amide bonds. The third-order valence-electron chi connectivity index (χ3n) is 3.60. The standard InChI is InChI=1S/C18H17FN2O2S/c1-12-16(8-9-20-17(22)11-13-5-4-10-24-13)21-18(23-12)14-6-2-3-7-15(14)19/h2-7,10H,8-9,11H2,1H3,(H,20,22). The molecule has 0 spiro atoms. The monoisotopic (exact) mass is 344 g/mol. The highest BCUT2D eigenvalue weighted by Gasteiger charge is 2.14. The Balaban J connectivity index is 1.58. The van der Waals surface area contributed by atoms with Gasteiger partial charge in [-0.1, -0.05) is 18.2 Å². The average molecular weight is 344 g/mol. The predicted octanol–water partition coefficient (Wildman–Crippen LogP) is 3.75. The summed E-state index contributed by atoms with van der Waals surface area (Å²) in [7, 11) is 0. The fourth-order valence-corrected chi connectivity index (χ4v) is 3.07. The maximum atomic E-state index is 13.8. The summed E-state index contributed by atoms with van der Waals surface area (Å²) >= 11 is 1.56. The van der Waals surface area contributed by atoms with Crippen molar-refractivity contribution in [2.75, 3.05) is 6.54 Å². The van der Waals surface area contributed by atoms with Gasteiger partial charge in [0.2, 0.25) is 11.8 Å². The van der Waals surface area contributed by atoms with Gasteiger partial charge in [0.25, 0.3) is 0 Å². The second-order valence-electron chi connectivity index (χ2n) is 5.36. The number of benzene rings is 1. The highest BCUT2D eigenvalue weighted by molar-refractivity contribution is 7.10. The predicted molar refractivity (Wildman–Crippen MR) is 91.4 cm³/mol. The van der Waals surface area contributed by atoms with Gasteiger partial charge in [-0.3, -0.25) is 4.79 Å². The summed E-state index contributed by atoms with van der Waals surface area (Å²) in [6.45, 7) is 2.26. The number of halogens is 1. The van der Waals surface area contributed by atoms with E-state index in [4.69, 9.17) is 4.42 Å². The summed E-state index contributed by atoms with van der Waals surface area (Å²) in [4.78, 5) is 17.3. The van der Waals surface area contributed by atoms with Gasteiger partial charge in [-0.2, -0.15) is 0 Å². The van der Waals surface area contributed by atoms with E-state index < -0.39 is 0 Å². The Morgan fingerprint density at radius 3 is 2.88 bits per heavy atom. The zero-order valence-electron chi connectivity index (χ0n) is 13.2. The van der Waals surface area contributed by atoms with Crippen LogP contribution in [0.5, 0.6) is 0 Å². The van der Waals surface area contributed by atoms with E-state index in [9.17, 15) is 9.18 Å². The van der Waals surface area contributed by atoms with Crippen LogP contribution in [0.1, 0.15) is 16.3 Å². The van der Waals surface area contributed by atoms with Crippen molar-refractivity contribution in [1.29, 1.82) is 0 Å². The number of aryl methyl sites for hydroxylation is 1. The van der Waals surface area contributed by atoms with Crippen LogP contribution in [0.2, 0.25) is 0 Å². The number of carbonyl (C=O) groups is 1. The molecule has 1 aromatic carbocycles. The Bertz CT molecular complexity index is 827.